The molecule has 0 aliphatic heterocycles. The largest absolute Gasteiger partial charge is 0.435 e. The quantitative estimate of drug-likeness (QED) is 0.277. The van der Waals surface area contributed by atoms with Crippen LogP contribution in [0.25, 0.3) is 0 Å². The molecule has 3 aromatic rings. The number of nitrogens with one attached hydrogen (secondary N) is 1. The van der Waals surface area contributed by atoms with Crippen molar-refractivity contribution < 1.29 is 48.3 Å². The first-order chi connectivity index (χ1) is 19.0. The third-order valence-electron chi connectivity index (χ3n) is 7.20. The predicted octanol–water partition coefficient (Wildman–Crippen LogP) is 5.95. The Bertz CT molecular complexity index is 1470. The van der Waals surface area contributed by atoms with Crippen molar-refractivity contribution in [2.24, 2.45) is 0 Å². The molecule has 0 bridgehead atoms. The molecule has 15 heteroatoms. The van der Waals surface area contributed by atoms with Gasteiger partial charge in [0.05, 0.1) is 22.9 Å². The van der Waals surface area contributed by atoms with Crippen LogP contribution in [0.3, 0.4) is 0 Å². The lowest BCUT2D eigenvalue weighted by molar-refractivity contribution is -0.348. The molecule has 1 N–H and O–H groups in total. The van der Waals surface area contributed by atoms with Crippen LogP contribution in [-0.4, -0.2) is 42.9 Å². The zero-order valence-electron chi connectivity index (χ0n) is 20.8. The van der Waals surface area contributed by atoms with E-state index in [1.807, 2.05) is 0 Å². The summed E-state index contributed by atoms with van der Waals surface area (Å²) in [6, 6.07) is 6.61. The van der Waals surface area contributed by atoms with E-state index in [2.05, 4.69) is 15.5 Å². The maximum Gasteiger partial charge on any atom is 0.435 e. The van der Waals surface area contributed by atoms with E-state index in [1.165, 1.54) is 18.5 Å². The van der Waals surface area contributed by atoms with E-state index < -0.39 is 55.9 Å². The summed E-state index contributed by atoms with van der Waals surface area (Å²) in [6.45, 7) is 0. The second-order valence-electron chi connectivity index (χ2n) is 9.56. The van der Waals surface area contributed by atoms with Crippen molar-refractivity contribution in [1.29, 1.82) is 0 Å². The molecule has 4 rings (SSSR count). The maximum atomic E-state index is 14.6. The molecule has 0 unspecified atom stereocenters. The molecule has 220 valence electrons. The molecular formula is C26H21F8N3O3S. The van der Waals surface area contributed by atoms with E-state index in [0.717, 1.165) is 36.4 Å². The summed E-state index contributed by atoms with van der Waals surface area (Å²) in [5, 5.41) is 9.91. The Balaban J connectivity index is 1.72. The van der Waals surface area contributed by atoms with E-state index >= 15 is 0 Å². The van der Waals surface area contributed by atoms with Crippen molar-refractivity contribution in [3.05, 3.63) is 89.5 Å². The Morgan fingerprint density at radius 1 is 0.829 bits per heavy atom. The Kier molecular flexibility index (Phi) is 7.88. The molecule has 1 aromatic heterocycles. The fraction of sp³-hybridized carbons (Fsp3) is 0.346. The van der Waals surface area contributed by atoms with Gasteiger partial charge in [0.25, 0.3) is 5.91 Å². The van der Waals surface area contributed by atoms with Crippen LogP contribution in [0.2, 0.25) is 0 Å². The minimum absolute atomic E-state index is 0.0462. The van der Waals surface area contributed by atoms with Crippen LogP contribution in [0.4, 0.5) is 35.1 Å². The van der Waals surface area contributed by atoms with Gasteiger partial charge < -0.3 is 5.32 Å². The van der Waals surface area contributed by atoms with Crippen LogP contribution in [0, 0.1) is 5.82 Å². The number of amides is 1. The van der Waals surface area contributed by atoms with Crippen LogP contribution in [0.15, 0.2) is 71.9 Å². The van der Waals surface area contributed by atoms with Gasteiger partial charge in [-0.2, -0.15) is 36.5 Å². The number of carbonyl (C=O) groups excluding carboxylic acids is 1. The minimum Gasteiger partial charge on any atom is -0.349 e. The van der Waals surface area contributed by atoms with Gasteiger partial charge in [0.1, 0.15) is 10.6 Å². The van der Waals surface area contributed by atoms with Crippen LogP contribution in [0.5, 0.6) is 0 Å². The predicted molar refractivity (Wildman–Crippen MR) is 128 cm³/mol. The van der Waals surface area contributed by atoms with Gasteiger partial charge in [-0.05, 0) is 61.6 Å². The van der Waals surface area contributed by atoms with E-state index in [1.54, 1.807) is 0 Å². The molecule has 0 radical (unpaired) electrons. The summed E-state index contributed by atoms with van der Waals surface area (Å²) in [5.74, 6) is -1.25. The molecule has 1 amide bonds. The van der Waals surface area contributed by atoms with Crippen molar-refractivity contribution in [3.63, 3.8) is 0 Å². The number of halogens is 8. The number of aromatic nitrogens is 2. The molecule has 41 heavy (non-hydrogen) atoms. The van der Waals surface area contributed by atoms with Gasteiger partial charge in [-0.25, -0.2) is 17.2 Å². The lowest BCUT2D eigenvalue weighted by atomic mass is 9.80. The summed E-state index contributed by atoms with van der Waals surface area (Å²) >= 11 is 0. The number of alkyl halides is 7. The molecule has 1 aliphatic carbocycles. The SMILES string of the molecule is O=C(N[C@H]1CC[C@@](c2ccc(C(F)(C(F)(F)F)C(F)(F)F)cc2)(S(=O)(=O)c2ccc(F)cc2)CC1)c1ccnnc1. The first kappa shape index (κ1) is 30.3. The minimum atomic E-state index is -6.34. The van der Waals surface area contributed by atoms with Gasteiger partial charge in [0.2, 0.25) is 0 Å². The summed E-state index contributed by atoms with van der Waals surface area (Å²) in [4.78, 5) is 12.2. The maximum absolute atomic E-state index is 14.6. The number of nitrogens with zero attached hydrogens (tertiary/aromatic N) is 2. The molecule has 0 saturated heterocycles. The number of benzene rings is 2. The zero-order chi connectivity index (χ0) is 30.3. The van der Waals surface area contributed by atoms with E-state index in [4.69, 9.17) is 0 Å². The summed E-state index contributed by atoms with van der Waals surface area (Å²) in [7, 11) is -4.44. The molecule has 6 nitrogen and oxygen atoms in total. The second kappa shape index (κ2) is 10.7. The first-order valence-corrected chi connectivity index (χ1v) is 13.5. The van der Waals surface area contributed by atoms with E-state index in [0.29, 0.717) is 0 Å². The Hall–Kier alpha value is -3.62. The van der Waals surface area contributed by atoms with Crippen molar-refractivity contribution in [2.45, 2.75) is 59.4 Å². The van der Waals surface area contributed by atoms with Gasteiger partial charge in [-0.15, -0.1) is 0 Å². The van der Waals surface area contributed by atoms with Crippen LogP contribution >= 0.6 is 0 Å². The highest BCUT2D eigenvalue weighted by molar-refractivity contribution is 7.92. The average Bonchev–Trinajstić information content (AvgIpc) is 2.92. The molecule has 0 spiro atoms. The monoisotopic (exact) mass is 607 g/mol. The Morgan fingerprint density at radius 2 is 1.39 bits per heavy atom. The van der Waals surface area contributed by atoms with Crippen LogP contribution in [-0.2, 0) is 20.3 Å². The number of carbonyl (C=O) groups is 1. The lowest BCUT2D eigenvalue weighted by Gasteiger charge is -2.40. The van der Waals surface area contributed by atoms with Crippen LogP contribution < -0.4 is 5.32 Å². The fourth-order valence-electron chi connectivity index (χ4n) is 4.97. The molecule has 0 atom stereocenters. The van der Waals surface area contributed by atoms with Crippen molar-refractivity contribution in [2.75, 3.05) is 0 Å². The number of rotatable bonds is 6. The van der Waals surface area contributed by atoms with Crippen LogP contribution in [0.1, 0.15) is 47.2 Å². The van der Waals surface area contributed by atoms with Gasteiger partial charge in [-0.1, -0.05) is 24.3 Å². The second-order valence-corrected chi connectivity index (χ2v) is 11.8. The zero-order valence-corrected chi connectivity index (χ0v) is 21.6. The number of hydrogen-bond acceptors (Lipinski definition) is 5. The smallest absolute Gasteiger partial charge is 0.349 e. The number of sulfone groups is 1. The van der Waals surface area contributed by atoms with Crippen molar-refractivity contribution in [1.82, 2.24) is 15.5 Å². The molecule has 1 fully saturated rings. The fourth-order valence-corrected chi connectivity index (χ4v) is 7.13. The van der Waals surface area contributed by atoms with Gasteiger partial charge >= 0.3 is 18.0 Å². The van der Waals surface area contributed by atoms with Gasteiger partial charge in [0.15, 0.2) is 9.84 Å². The molecular weight excluding hydrogens is 586 g/mol. The highest BCUT2D eigenvalue weighted by atomic mass is 32.2. The topological polar surface area (TPSA) is 89.0 Å². The summed E-state index contributed by atoms with van der Waals surface area (Å²) in [5.41, 5.74) is -7.44. The van der Waals surface area contributed by atoms with E-state index in [9.17, 15) is 48.3 Å². The van der Waals surface area contributed by atoms with Gasteiger partial charge in [0, 0.05) is 11.6 Å². The highest BCUT2D eigenvalue weighted by Gasteiger charge is 2.73. The summed E-state index contributed by atoms with van der Waals surface area (Å²) in [6.07, 6.45) is -10.5. The third kappa shape index (κ3) is 5.38. The van der Waals surface area contributed by atoms with Gasteiger partial charge in [-0.3, -0.25) is 4.79 Å². The molecule has 2 aromatic carbocycles. The number of hydrogen-bond donors (Lipinski definition) is 1. The Morgan fingerprint density at radius 3 is 1.88 bits per heavy atom. The van der Waals surface area contributed by atoms with Crippen molar-refractivity contribution in [3.8, 4) is 0 Å². The molecule has 1 saturated carbocycles. The lowest BCUT2D eigenvalue weighted by Crippen LogP contribution is -2.50. The normalized spacial score (nSPS) is 20.4. The summed E-state index contributed by atoms with van der Waals surface area (Å²) < 4.78 is 134. The first-order valence-electron chi connectivity index (χ1n) is 12.0. The average molecular weight is 608 g/mol. The van der Waals surface area contributed by atoms with Crippen molar-refractivity contribution >= 4 is 15.7 Å². The molecule has 1 heterocycles. The standard InChI is InChI=1S/C26H21F8N3O3S/c27-19-5-7-21(8-6-19)41(39,40)23(12-9-20(10-13-23)37-22(38)16-11-14-35-36-15-16)17-1-3-18(4-2-17)24(28,25(29,30)31)26(32,33)34/h1-8,11,14-15,20H,9-10,12-13H2,(H,37,38)/t20-,23+. The third-order valence-corrected chi connectivity index (χ3v) is 9.77. The molecule has 1 aliphatic rings. The highest BCUT2D eigenvalue weighted by Crippen LogP contribution is 2.54. The Labute approximate surface area is 228 Å². The van der Waals surface area contributed by atoms with E-state index in [-0.39, 0.29) is 53.8 Å².